The molecule has 0 aliphatic carbocycles. The first-order valence-electron chi connectivity index (χ1n) is 9.59. The highest BCUT2D eigenvalue weighted by atomic mass is 35.5. The summed E-state index contributed by atoms with van der Waals surface area (Å²) in [5.41, 5.74) is -0.0902. The first-order chi connectivity index (χ1) is 14.8. The molecule has 0 fully saturated rings. The first-order valence-corrected chi connectivity index (χ1v) is 10.3. The third kappa shape index (κ3) is 3.81. The summed E-state index contributed by atoms with van der Waals surface area (Å²) in [4.78, 5) is 27.9. The molecule has 1 atom stereocenters. The smallest absolute Gasteiger partial charge is 0.264 e. The lowest BCUT2D eigenvalue weighted by molar-refractivity contribution is -0.136. The summed E-state index contributed by atoms with van der Waals surface area (Å²) < 4.78 is 5.26. The number of para-hydroxylation sites is 2. The zero-order valence-electron chi connectivity index (χ0n) is 16.6. The van der Waals surface area contributed by atoms with Crippen molar-refractivity contribution in [2.45, 2.75) is 18.6 Å². The van der Waals surface area contributed by atoms with E-state index in [1.165, 1.54) is 12.0 Å². The maximum atomic E-state index is 13.4. The highest BCUT2D eigenvalue weighted by molar-refractivity contribution is 6.35. The van der Waals surface area contributed by atoms with Gasteiger partial charge < -0.3 is 14.7 Å². The summed E-state index contributed by atoms with van der Waals surface area (Å²) in [6.07, 6.45) is -0.409. The molecular weight excluding hydrogens is 437 g/mol. The van der Waals surface area contributed by atoms with Crippen molar-refractivity contribution in [1.82, 2.24) is 0 Å². The lowest BCUT2D eigenvalue weighted by Gasteiger charge is -2.23. The lowest BCUT2D eigenvalue weighted by atomic mass is 9.88. The number of aliphatic hydroxyl groups is 1. The molecule has 1 unspecified atom stereocenters. The summed E-state index contributed by atoms with van der Waals surface area (Å²) in [6.45, 7) is 0.136. The van der Waals surface area contributed by atoms with Crippen molar-refractivity contribution in [3.05, 3.63) is 93.5 Å². The predicted octanol–water partition coefficient (Wildman–Crippen LogP) is 5.01. The van der Waals surface area contributed by atoms with Crippen molar-refractivity contribution in [3.63, 3.8) is 0 Å². The van der Waals surface area contributed by atoms with E-state index in [9.17, 15) is 14.7 Å². The molecule has 1 heterocycles. The number of Topliss-reactive ketones (excluding diaryl/α,β-unsaturated/α-hetero) is 1. The number of carbonyl (C=O) groups is 2. The van der Waals surface area contributed by atoms with Gasteiger partial charge in [0, 0.05) is 15.6 Å². The minimum Gasteiger partial charge on any atom is -0.496 e. The Labute approximate surface area is 189 Å². The van der Waals surface area contributed by atoms with E-state index >= 15 is 0 Å². The predicted molar refractivity (Wildman–Crippen MR) is 120 cm³/mol. The number of hydrogen-bond acceptors (Lipinski definition) is 4. The van der Waals surface area contributed by atoms with E-state index in [4.69, 9.17) is 27.9 Å². The second kappa shape index (κ2) is 8.35. The molecule has 1 aliphatic rings. The van der Waals surface area contributed by atoms with Gasteiger partial charge in [0.25, 0.3) is 5.91 Å². The molecule has 0 saturated carbocycles. The summed E-state index contributed by atoms with van der Waals surface area (Å²) in [5, 5.41) is 12.4. The molecule has 158 valence electrons. The van der Waals surface area contributed by atoms with Crippen molar-refractivity contribution < 1.29 is 19.4 Å². The van der Waals surface area contributed by atoms with Crippen LogP contribution in [0.2, 0.25) is 10.0 Å². The fourth-order valence-electron chi connectivity index (χ4n) is 3.86. The zero-order valence-corrected chi connectivity index (χ0v) is 18.2. The van der Waals surface area contributed by atoms with Gasteiger partial charge >= 0.3 is 0 Å². The van der Waals surface area contributed by atoms with Crippen LogP contribution in [0.4, 0.5) is 5.69 Å². The van der Waals surface area contributed by atoms with Crippen molar-refractivity contribution in [1.29, 1.82) is 0 Å². The van der Waals surface area contributed by atoms with Crippen LogP contribution in [0.5, 0.6) is 5.75 Å². The lowest BCUT2D eigenvalue weighted by Crippen LogP contribution is -2.41. The van der Waals surface area contributed by atoms with Gasteiger partial charge in [-0.25, -0.2) is 0 Å². The van der Waals surface area contributed by atoms with Crippen LogP contribution >= 0.6 is 23.2 Å². The fourth-order valence-corrected chi connectivity index (χ4v) is 4.33. The molecule has 3 aromatic carbocycles. The van der Waals surface area contributed by atoms with Crippen LogP contribution in [0.15, 0.2) is 66.7 Å². The number of methoxy groups -OCH3 is 1. The van der Waals surface area contributed by atoms with E-state index in [1.807, 2.05) is 0 Å². The Balaban J connectivity index is 1.70. The molecule has 1 amide bonds. The van der Waals surface area contributed by atoms with E-state index in [0.29, 0.717) is 38.2 Å². The van der Waals surface area contributed by atoms with Gasteiger partial charge in [-0.15, -0.1) is 0 Å². The Hall–Kier alpha value is -2.86. The maximum absolute atomic E-state index is 13.4. The topological polar surface area (TPSA) is 66.8 Å². The highest BCUT2D eigenvalue weighted by Crippen LogP contribution is 2.44. The summed E-state index contributed by atoms with van der Waals surface area (Å²) in [7, 11) is 1.47. The Morgan fingerprint density at radius 2 is 1.77 bits per heavy atom. The molecule has 31 heavy (non-hydrogen) atoms. The van der Waals surface area contributed by atoms with Crippen LogP contribution in [-0.4, -0.2) is 23.9 Å². The molecule has 0 aromatic heterocycles. The minimum atomic E-state index is -1.99. The number of fused-ring (bicyclic) bond motifs is 1. The average Bonchev–Trinajstić information content (AvgIpc) is 2.97. The van der Waals surface area contributed by atoms with Gasteiger partial charge in [0.2, 0.25) is 0 Å². The van der Waals surface area contributed by atoms with Crippen LogP contribution in [0.25, 0.3) is 0 Å². The molecule has 1 aliphatic heterocycles. The van der Waals surface area contributed by atoms with Crippen molar-refractivity contribution in [2.24, 2.45) is 0 Å². The van der Waals surface area contributed by atoms with Gasteiger partial charge in [0.15, 0.2) is 11.4 Å². The molecule has 0 saturated heterocycles. The molecule has 0 radical (unpaired) electrons. The van der Waals surface area contributed by atoms with Crippen LogP contribution in [-0.2, 0) is 16.9 Å². The second-order valence-corrected chi connectivity index (χ2v) is 8.15. The maximum Gasteiger partial charge on any atom is 0.264 e. The molecular formula is C24H19Cl2NO4. The van der Waals surface area contributed by atoms with E-state index in [0.717, 1.165) is 0 Å². The molecule has 7 heteroatoms. The van der Waals surface area contributed by atoms with Crippen LogP contribution in [0.3, 0.4) is 0 Å². The van der Waals surface area contributed by atoms with Crippen LogP contribution in [0, 0.1) is 0 Å². The normalized spacial score (nSPS) is 17.5. The number of ketones is 1. The molecule has 1 N–H and O–H groups in total. The second-order valence-electron chi connectivity index (χ2n) is 7.30. The molecule has 0 bridgehead atoms. The average molecular weight is 456 g/mol. The minimum absolute atomic E-state index is 0.136. The van der Waals surface area contributed by atoms with Crippen LogP contribution in [0.1, 0.15) is 27.9 Å². The highest BCUT2D eigenvalue weighted by Gasteiger charge is 2.51. The van der Waals surface area contributed by atoms with Gasteiger partial charge in [0.05, 0.1) is 31.3 Å². The van der Waals surface area contributed by atoms with E-state index in [1.54, 1.807) is 66.7 Å². The van der Waals surface area contributed by atoms with E-state index in [2.05, 4.69) is 0 Å². The van der Waals surface area contributed by atoms with Gasteiger partial charge in [-0.3, -0.25) is 9.59 Å². The fraction of sp³-hybridized carbons (Fsp3) is 0.167. The van der Waals surface area contributed by atoms with Crippen molar-refractivity contribution in [3.8, 4) is 5.75 Å². The first kappa shape index (κ1) is 21.4. The number of anilines is 1. The number of benzene rings is 3. The van der Waals surface area contributed by atoms with Gasteiger partial charge in [0.1, 0.15) is 5.75 Å². The third-order valence-electron chi connectivity index (χ3n) is 5.41. The van der Waals surface area contributed by atoms with Crippen molar-refractivity contribution >= 4 is 40.6 Å². The molecule has 0 spiro atoms. The number of rotatable bonds is 6. The van der Waals surface area contributed by atoms with Gasteiger partial charge in [-0.2, -0.15) is 0 Å². The molecule has 4 rings (SSSR count). The Kier molecular flexibility index (Phi) is 5.75. The Morgan fingerprint density at radius 1 is 1.06 bits per heavy atom. The quantitative estimate of drug-likeness (QED) is 0.530. The Morgan fingerprint density at radius 3 is 2.52 bits per heavy atom. The number of hydrogen-bond donors (Lipinski definition) is 1. The van der Waals surface area contributed by atoms with Gasteiger partial charge in [-0.1, -0.05) is 59.6 Å². The summed E-state index contributed by atoms with van der Waals surface area (Å²) in [6, 6.07) is 18.6. The molecule has 5 nitrogen and oxygen atoms in total. The largest absolute Gasteiger partial charge is 0.496 e. The summed E-state index contributed by atoms with van der Waals surface area (Å²) >= 11 is 12.3. The summed E-state index contributed by atoms with van der Waals surface area (Å²) in [5.74, 6) is -0.586. The van der Waals surface area contributed by atoms with E-state index in [-0.39, 0.29) is 6.54 Å². The number of halogens is 2. The SMILES string of the molecule is COc1ccccc1C(=O)CC1(O)C(=O)N(Cc2ccc(Cl)cc2Cl)c2ccccc21. The van der Waals surface area contributed by atoms with Crippen molar-refractivity contribution in [2.75, 3.05) is 12.0 Å². The number of carbonyl (C=O) groups excluding carboxylic acids is 2. The number of nitrogens with zero attached hydrogens (tertiary/aromatic N) is 1. The van der Waals surface area contributed by atoms with E-state index < -0.39 is 23.7 Å². The number of amides is 1. The standard InChI is InChI=1S/C24H19Cl2NO4/c1-31-22-9-5-2-6-17(22)21(28)13-24(30)18-7-3-4-8-20(18)27(23(24)29)14-15-10-11-16(25)12-19(15)26/h2-12,30H,13-14H2,1H3. The third-order valence-corrected chi connectivity index (χ3v) is 5.99. The van der Waals surface area contributed by atoms with Gasteiger partial charge in [-0.05, 0) is 35.9 Å². The Bertz CT molecular complexity index is 1180. The number of ether oxygens (including phenoxy) is 1. The zero-order chi connectivity index (χ0) is 22.2. The van der Waals surface area contributed by atoms with Crippen LogP contribution < -0.4 is 9.64 Å². The monoisotopic (exact) mass is 455 g/mol. The molecule has 3 aromatic rings.